The summed E-state index contributed by atoms with van der Waals surface area (Å²) in [7, 11) is 1.95. The van der Waals surface area contributed by atoms with Crippen LogP contribution in [0.15, 0.2) is 6.33 Å². The molecule has 1 saturated heterocycles. The third-order valence-electron chi connectivity index (χ3n) is 2.98. The molecule has 1 unspecified atom stereocenters. The van der Waals surface area contributed by atoms with Crippen LogP contribution in [0.2, 0.25) is 0 Å². The molecule has 1 amide bonds. The van der Waals surface area contributed by atoms with Gasteiger partial charge in [-0.05, 0) is 12.8 Å². The van der Waals surface area contributed by atoms with Crippen LogP contribution in [0.4, 0.5) is 0 Å². The quantitative estimate of drug-likeness (QED) is 0.677. The fourth-order valence-corrected chi connectivity index (χ4v) is 2.14. The molecule has 0 saturated carbocycles. The standard InChI is InChI=1S/C10H16N4O/c1-8(15)14-5-3-4-9(6-14)10-12-11-7-13(10)2/h7,9H,3-6H2,1-2H3. The van der Waals surface area contributed by atoms with Crippen LogP contribution in [0.3, 0.4) is 0 Å². The summed E-state index contributed by atoms with van der Waals surface area (Å²) in [6, 6.07) is 0. The van der Waals surface area contributed by atoms with E-state index in [4.69, 9.17) is 0 Å². The van der Waals surface area contributed by atoms with E-state index in [2.05, 4.69) is 10.2 Å². The Labute approximate surface area is 89.1 Å². The molecule has 1 aromatic heterocycles. The van der Waals surface area contributed by atoms with E-state index in [0.29, 0.717) is 5.92 Å². The topological polar surface area (TPSA) is 51.0 Å². The second-order valence-corrected chi connectivity index (χ2v) is 4.10. The van der Waals surface area contributed by atoms with Gasteiger partial charge in [0.15, 0.2) is 0 Å². The normalized spacial score (nSPS) is 21.7. The molecule has 2 heterocycles. The molecule has 1 atom stereocenters. The first-order valence-corrected chi connectivity index (χ1v) is 5.28. The predicted molar refractivity (Wildman–Crippen MR) is 55.2 cm³/mol. The summed E-state index contributed by atoms with van der Waals surface area (Å²) in [6.45, 7) is 3.28. The van der Waals surface area contributed by atoms with Gasteiger partial charge < -0.3 is 9.47 Å². The van der Waals surface area contributed by atoms with Gasteiger partial charge >= 0.3 is 0 Å². The Bertz CT molecular complexity index is 360. The highest BCUT2D eigenvalue weighted by Gasteiger charge is 2.25. The van der Waals surface area contributed by atoms with Crippen molar-refractivity contribution in [1.29, 1.82) is 0 Å². The van der Waals surface area contributed by atoms with Crippen molar-refractivity contribution >= 4 is 5.91 Å². The Morgan fingerprint density at radius 2 is 2.40 bits per heavy atom. The number of piperidine rings is 1. The van der Waals surface area contributed by atoms with Crippen molar-refractivity contribution in [2.45, 2.75) is 25.7 Å². The van der Waals surface area contributed by atoms with E-state index in [1.807, 2.05) is 16.5 Å². The third kappa shape index (κ3) is 2.00. The largest absolute Gasteiger partial charge is 0.342 e. The average Bonchev–Trinajstić information content (AvgIpc) is 2.64. The minimum atomic E-state index is 0.155. The van der Waals surface area contributed by atoms with Crippen molar-refractivity contribution < 1.29 is 4.79 Å². The zero-order valence-electron chi connectivity index (χ0n) is 9.18. The van der Waals surface area contributed by atoms with Crippen LogP contribution in [-0.2, 0) is 11.8 Å². The smallest absolute Gasteiger partial charge is 0.219 e. The van der Waals surface area contributed by atoms with Crippen molar-refractivity contribution in [3.8, 4) is 0 Å². The van der Waals surface area contributed by atoms with Gasteiger partial charge in [-0.25, -0.2) is 0 Å². The van der Waals surface area contributed by atoms with Gasteiger partial charge in [0.1, 0.15) is 12.2 Å². The molecule has 5 heteroatoms. The molecule has 0 aliphatic carbocycles. The van der Waals surface area contributed by atoms with E-state index < -0.39 is 0 Å². The molecule has 2 rings (SSSR count). The monoisotopic (exact) mass is 208 g/mol. The van der Waals surface area contributed by atoms with Gasteiger partial charge in [-0.3, -0.25) is 4.79 Å². The molecule has 15 heavy (non-hydrogen) atoms. The Kier molecular flexibility index (Phi) is 2.70. The van der Waals surface area contributed by atoms with Gasteiger partial charge in [0.25, 0.3) is 0 Å². The third-order valence-corrected chi connectivity index (χ3v) is 2.98. The maximum absolute atomic E-state index is 11.3. The summed E-state index contributed by atoms with van der Waals surface area (Å²) in [5.74, 6) is 1.48. The molecule has 0 aromatic carbocycles. The summed E-state index contributed by atoms with van der Waals surface area (Å²) in [5.41, 5.74) is 0. The number of hydrogen-bond acceptors (Lipinski definition) is 3. The number of rotatable bonds is 1. The number of hydrogen-bond donors (Lipinski definition) is 0. The van der Waals surface area contributed by atoms with Crippen molar-refractivity contribution in [2.75, 3.05) is 13.1 Å². The molecule has 1 aromatic rings. The van der Waals surface area contributed by atoms with Crippen LogP contribution in [0.1, 0.15) is 31.5 Å². The number of likely N-dealkylation sites (tertiary alicyclic amines) is 1. The molecule has 1 aliphatic rings. The van der Waals surface area contributed by atoms with Crippen LogP contribution in [0, 0.1) is 0 Å². The highest BCUT2D eigenvalue weighted by Crippen LogP contribution is 2.24. The first-order chi connectivity index (χ1) is 7.18. The highest BCUT2D eigenvalue weighted by molar-refractivity contribution is 5.73. The number of nitrogens with zero attached hydrogens (tertiary/aromatic N) is 4. The van der Waals surface area contributed by atoms with Crippen LogP contribution in [0.5, 0.6) is 0 Å². The van der Waals surface area contributed by atoms with Gasteiger partial charge in [0.05, 0.1) is 0 Å². The zero-order valence-corrected chi connectivity index (χ0v) is 9.18. The van der Waals surface area contributed by atoms with Crippen LogP contribution in [0.25, 0.3) is 0 Å². The molecule has 0 spiro atoms. The Morgan fingerprint density at radius 1 is 1.60 bits per heavy atom. The first kappa shape index (κ1) is 10.1. The Balaban J connectivity index is 2.11. The van der Waals surface area contributed by atoms with Crippen molar-refractivity contribution in [2.24, 2.45) is 7.05 Å². The van der Waals surface area contributed by atoms with E-state index in [0.717, 1.165) is 31.8 Å². The molecule has 82 valence electrons. The Morgan fingerprint density at radius 3 is 3.00 bits per heavy atom. The second-order valence-electron chi connectivity index (χ2n) is 4.10. The first-order valence-electron chi connectivity index (χ1n) is 5.28. The van der Waals surface area contributed by atoms with Crippen LogP contribution >= 0.6 is 0 Å². The lowest BCUT2D eigenvalue weighted by Gasteiger charge is -2.31. The van der Waals surface area contributed by atoms with Gasteiger partial charge in [0.2, 0.25) is 5.91 Å². The Hall–Kier alpha value is -1.39. The van der Waals surface area contributed by atoms with Crippen molar-refractivity contribution in [1.82, 2.24) is 19.7 Å². The van der Waals surface area contributed by atoms with E-state index in [9.17, 15) is 4.79 Å². The van der Waals surface area contributed by atoms with E-state index >= 15 is 0 Å². The zero-order chi connectivity index (χ0) is 10.8. The van der Waals surface area contributed by atoms with Gasteiger partial charge in [0, 0.05) is 33.0 Å². The highest BCUT2D eigenvalue weighted by atomic mass is 16.2. The number of carbonyl (C=O) groups excluding carboxylic acids is 1. The number of aryl methyl sites for hydroxylation is 1. The van der Waals surface area contributed by atoms with Crippen LogP contribution in [-0.4, -0.2) is 38.7 Å². The molecule has 1 aliphatic heterocycles. The van der Waals surface area contributed by atoms with Crippen molar-refractivity contribution in [3.05, 3.63) is 12.2 Å². The fourth-order valence-electron chi connectivity index (χ4n) is 2.14. The fraction of sp³-hybridized carbons (Fsp3) is 0.700. The number of carbonyl (C=O) groups is 1. The average molecular weight is 208 g/mol. The molecule has 0 N–H and O–H groups in total. The molecular weight excluding hydrogens is 192 g/mol. The SMILES string of the molecule is CC(=O)N1CCCC(c2nncn2C)C1. The second kappa shape index (κ2) is 4.00. The lowest BCUT2D eigenvalue weighted by atomic mass is 9.97. The molecule has 0 bridgehead atoms. The minimum absolute atomic E-state index is 0.155. The number of amides is 1. The predicted octanol–water partition coefficient (Wildman–Crippen LogP) is 0.541. The maximum atomic E-state index is 11.3. The van der Waals surface area contributed by atoms with E-state index in [1.165, 1.54) is 0 Å². The van der Waals surface area contributed by atoms with Gasteiger partial charge in [-0.15, -0.1) is 10.2 Å². The van der Waals surface area contributed by atoms with E-state index in [1.54, 1.807) is 13.3 Å². The lowest BCUT2D eigenvalue weighted by molar-refractivity contribution is -0.130. The van der Waals surface area contributed by atoms with Crippen LogP contribution < -0.4 is 0 Å². The van der Waals surface area contributed by atoms with Crippen molar-refractivity contribution in [3.63, 3.8) is 0 Å². The molecule has 5 nitrogen and oxygen atoms in total. The summed E-state index contributed by atoms with van der Waals surface area (Å²) < 4.78 is 1.94. The summed E-state index contributed by atoms with van der Waals surface area (Å²) >= 11 is 0. The lowest BCUT2D eigenvalue weighted by Crippen LogP contribution is -2.38. The number of aromatic nitrogens is 3. The van der Waals surface area contributed by atoms with Gasteiger partial charge in [-0.2, -0.15) is 0 Å². The molecule has 1 fully saturated rings. The summed E-state index contributed by atoms with van der Waals surface area (Å²) in [5, 5.41) is 7.98. The maximum Gasteiger partial charge on any atom is 0.219 e. The summed E-state index contributed by atoms with van der Waals surface area (Å²) in [6.07, 6.45) is 3.86. The molecule has 0 radical (unpaired) electrons. The summed E-state index contributed by atoms with van der Waals surface area (Å²) in [4.78, 5) is 13.2. The van der Waals surface area contributed by atoms with Gasteiger partial charge in [-0.1, -0.05) is 0 Å². The molecular formula is C10H16N4O. The minimum Gasteiger partial charge on any atom is -0.342 e. The van der Waals surface area contributed by atoms with E-state index in [-0.39, 0.29) is 5.91 Å².